The fraction of sp³-hybridized carbons (Fsp3) is 0.250. The maximum Gasteiger partial charge on any atom is 0.276 e. The Morgan fingerprint density at radius 2 is 2.21 bits per heavy atom. The highest BCUT2D eigenvalue weighted by molar-refractivity contribution is 6.29. The van der Waals surface area contributed by atoms with Gasteiger partial charge in [-0.05, 0) is 18.6 Å². The van der Waals surface area contributed by atoms with E-state index in [1.165, 1.54) is 18.0 Å². The Bertz CT molecular complexity index is 624. The molecule has 2 heterocycles. The van der Waals surface area contributed by atoms with Crippen LogP contribution in [0.5, 0.6) is 5.88 Å². The van der Waals surface area contributed by atoms with Crippen molar-refractivity contribution in [2.24, 2.45) is 7.05 Å². The average Bonchev–Trinajstić information content (AvgIpc) is 2.74. The monoisotopic (exact) mass is 280 g/mol. The molecule has 0 spiro atoms. The summed E-state index contributed by atoms with van der Waals surface area (Å²) in [6.45, 7) is 1.84. The van der Waals surface area contributed by atoms with Gasteiger partial charge in [-0.1, -0.05) is 11.6 Å². The van der Waals surface area contributed by atoms with Crippen molar-refractivity contribution >= 4 is 23.2 Å². The highest BCUT2D eigenvalue weighted by Crippen LogP contribution is 2.18. The van der Waals surface area contributed by atoms with E-state index in [0.29, 0.717) is 16.7 Å². The number of carbonyl (C=O) groups is 1. The molecule has 0 bridgehead atoms. The zero-order chi connectivity index (χ0) is 14.0. The topological polar surface area (TPSA) is 69.0 Å². The standard InChI is InChI=1S/C12H13ClN4O2/c1-7-4-10(13)14-6-9(7)15-12(18)8-5-11(19-3)17(2)16-8/h4-6H,1-3H3,(H,15,18). The third kappa shape index (κ3) is 2.85. The van der Waals surface area contributed by atoms with Gasteiger partial charge >= 0.3 is 0 Å². The minimum Gasteiger partial charge on any atom is -0.481 e. The number of amides is 1. The summed E-state index contributed by atoms with van der Waals surface area (Å²) in [7, 11) is 3.22. The average molecular weight is 281 g/mol. The molecule has 7 heteroatoms. The molecule has 0 aliphatic carbocycles. The van der Waals surface area contributed by atoms with E-state index in [2.05, 4.69) is 15.4 Å². The quantitative estimate of drug-likeness (QED) is 0.874. The van der Waals surface area contributed by atoms with Gasteiger partial charge in [0.05, 0.1) is 19.0 Å². The molecule has 0 aromatic carbocycles. The van der Waals surface area contributed by atoms with Crippen molar-refractivity contribution in [1.82, 2.24) is 14.8 Å². The number of carbonyl (C=O) groups excluding carboxylic acids is 1. The van der Waals surface area contributed by atoms with E-state index in [-0.39, 0.29) is 11.6 Å². The van der Waals surface area contributed by atoms with Crippen molar-refractivity contribution in [3.8, 4) is 5.88 Å². The van der Waals surface area contributed by atoms with Crippen LogP contribution >= 0.6 is 11.6 Å². The van der Waals surface area contributed by atoms with Crippen LogP contribution in [0.1, 0.15) is 16.1 Å². The fourth-order valence-electron chi connectivity index (χ4n) is 1.59. The molecule has 1 N–H and O–H groups in total. The number of methoxy groups -OCH3 is 1. The molecule has 0 unspecified atom stereocenters. The zero-order valence-corrected chi connectivity index (χ0v) is 11.5. The summed E-state index contributed by atoms with van der Waals surface area (Å²) in [4.78, 5) is 16.0. The molecule has 0 saturated carbocycles. The molecule has 1 amide bonds. The van der Waals surface area contributed by atoms with E-state index in [0.717, 1.165) is 5.56 Å². The summed E-state index contributed by atoms with van der Waals surface area (Å²) in [5.41, 5.74) is 1.70. The van der Waals surface area contributed by atoms with E-state index >= 15 is 0 Å². The molecule has 0 radical (unpaired) electrons. The van der Waals surface area contributed by atoms with Gasteiger partial charge in [0, 0.05) is 13.1 Å². The summed E-state index contributed by atoms with van der Waals surface area (Å²) in [5, 5.41) is 7.17. The van der Waals surface area contributed by atoms with Crippen molar-refractivity contribution in [1.29, 1.82) is 0 Å². The summed E-state index contributed by atoms with van der Waals surface area (Å²) < 4.78 is 6.54. The van der Waals surface area contributed by atoms with Gasteiger partial charge < -0.3 is 10.1 Å². The summed E-state index contributed by atoms with van der Waals surface area (Å²) >= 11 is 5.76. The second-order valence-electron chi connectivity index (χ2n) is 3.97. The van der Waals surface area contributed by atoms with E-state index in [1.807, 2.05) is 6.92 Å². The van der Waals surface area contributed by atoms with E-state index in [9.17, 15) is 4.79 Å². The number of nitrogens with zero attached hydrogens (tertiary/aromatic N) is 3. The fourth-order valence-corrected chi connectivity index (χ4v) is 1.80. The van der Waals surface area contributed by atoms with Crippen LogP contribution in [-0.2, 0) is 7.05 Å². The van der Waals surface area contributed by atoms with Crippen molar-refractivity contribution < 1.29 is 9.53 Å². The number of aryl methyl sites for hydroxylation is 2. The molecule has 0 aliphatic heterocycles. The maximum atomic E-state index is 12.0. The maximum absolute atomic E-state index is 12.0. The van der Waals surface area contributed by atoms with Crippen LogP contribution in [0.2, 0.25) is 5.15 Å². The molecule has 0 fully saturated rings. The van der Waals surface area contributed by atoms with Gasteiger partial charge in [-0.2, -0.15) is 5.10 Å². The molecule has 0 atom stereocenters. The van der Waals surface area contributed by atoms with Crippen LogP contribution in [0.3, 0.4) is 0 Å². The zero-order valence-electron chi connectivity index (χ0n) is 10.8. The number of rotatable bonds is 3. The van der Waals surface area contributed by atoms with Crippen LogP contribution in [0, 0.1) is 6.92 Å². The third-order valence-electron chi connectivity index (χ3n) is 2.60. The lowest BCUT2D eigenvalue weighted by atomic mass is 10.2. The number of anilines is 1. The number of hydrogen-bond acceptors (Lipinski definition) is 4. The lowest BCUT2D eigenvalue weighted by Gasteiger charge is -2.06. The molecule has 2 aromatic rings. The number of ether oxygens (including phenoxy) is 1. The predicted molar refractivity (Wildman–Crippen MR) is 71.7 cm³/mol. The Balaban J connectivity index is 2.20. The third-order valence-corrected chi connectivity index (χ3v) is 2.81. The molecule has 100 valence electrons. The summed E-state index contributed by atoms with van der Waals surface area (Å²) in [6.07, 6.45) is 1.51. The summed E-state index contributed by atoms with van der Waals surface area (Å²) in [5.74, 6) is 0.183. The molecular formula is C12H13ClN4O2. The smallest absolute Gasteiger partial charge is 0.276 e. The number of hydrogen-bond donors (Lipinski definition) is 1. The van der Waals surface area contributed by atoms with E-state index in [1.54, 1.807) is 19.2 Å². The molecular weight excluding hydrogens is 268 g/mol. The van der Waals surface area contributed by atoms with Crippen molar-refractivity contribution in [2.75, 3.05) is 12.4 Å². The van der Waals surface area contributed by atoms with Crippen LogP contribution in [0.25, 0.3) is 0 Å². The van der Waals surface area contributed by atoms with Crippen LogP contribution in [0.4, 0.5) is 5.69 Å². The molecule has 0 saturated heterocycles. The highest BCUT2D eigenvalue weighted by atomic mass is 35.5. The Morgan fingerprint density at radius 3 is 2.79 bits per heavy atom. The Kier molecular flexibility index (Phi) is 3.71. The Hall–Kier alpha value is -2.08. The second-order valence-corrected chi connectivity index (χ2v) is 4.36. The van der Waals surface area contributed by atoms with Crippen LogP contribution in [0.15, 0.2) is 18.3 Å². The molecule has 0 aliphatic rings. The first-order valence-corrected chi connectivity index (χ1v) is 5.90. The molecule has 2 rings (SSSR count). The van der Waals surface area contributed by atoms with Crippen molar-refractivity contribution in [2.45, 2.75) is 6.92 Å². The van der Waals surface area contributed by atoms with Crippen molar-refractivity contribution in [3.05, 3.63) is 34.7 Å². The van der Waals surface area contributed by atoms with Gasteiger partial charge in [-0.25, -0.2) is 9.67 Å². The predicted octanol–water partition coefficient (Wildman–Crippen LogP) is 2.04. The number of aromatic nitrogens is 3. The van der Waals surface area contributed by atoms with Crippen LogP contribution < -0.4 is 10.1 Å². The first-order chi connectivity index (χ1) is 9.01. The van der Waals surface area contributed by atoms with Gasteiger partial charge in [0.15, 0.2) is 5.69 Å². The van der Waals surface area contributed by atoms with Crippen molar-refractivity contribution in [3.63, 3.8) is 0 Å². The van der Waals surface area contributed by atoms with Gasteiger partial charge in [0.25, 0.3) is 5.91 Å². The highest BCUT2D eigenvalue weighted by Gasteiger charge is 2.14. The van der Waals surface area contributed by atoms with E-state index in [4.69, 9.17) is 16.3 Å². The minimum atomic E-state index is -0.328. The Morgan fingerprint density at radius 1 is 1.47 bits per heavy atom. The largest absolute Gasteiger partial charge is 0.481 e. The lowest BCUT2D eigenvalue weighted by molar-refractivity contribution is 0.102. The number of pyridine rings is 1. The van der Waals surface area contributed by atoms with E-state index < -0.39 is 0 Å². The Labute approximate surface area is 115 Å². The molecule has 19 heavy (non-hydrogen) atoms. The number of halogens is 1. The summed E-state index contributed by atoms with van der Waals surface area (Å²) in [6, 6.07) is 3.24. The SMILES string of the molecule is COc1cc(C(=O)Nc2cnc(Cl)cc2C)nn1C. The minimum absolute atomic E-state index is 0.272. The molecule has 2 aromatic heterocycles. The molecule has 6 nitrogen and oxygen atoms in total. The van der Waals surface area contributed by atoms with Gasteiger partial charge in [-0.3, -0.25) is 4.79 Å². The van der Waals surface area contributed by atoms with Gasteiger partial charge in [-0.15, -0.1) is 0 Å². The van der Waals surface area contributed by atoms with Gasteiger partial charge in [0.1, 0.15) is 5.15 Å². The first kappa shape index (κ1) is 13.4. The van der Waals surface area contributed by atoms with Crippen LogP contribution in [-0.4, -0.2) is 27.8 Å². The lowest BCUT2D eigenvalue weighted by Crippen LogP contribution is -2.14. The second kappa shape index (κ2) is 5.27. The first-order valence-electron chi connectivity index (χ1n) is 5.53. The van der Waals surface area contributed by atoms with Gasteiger partial charge in [0.2, 0.25) is 5.88 Å². The normalized spacial score (nSPS) is 10.3. The number of nitrogens with one attached hydrogen (secondary N) is 1.